The highest BCUT2D eigenvalue weighted by atomic mass is 15.0. The molecule has 3 heterocycles. The summed E-state index contributed by atoms with van der Waals surface area (Å²) in [5.74, 6) is 0.708. The van der Waals surface area contributed by atoms with Gasteiger partial charge < -0.3 is 9.13 Å². The van der Waals surface area contributed by atoms with Crippen molar-refractivity contribution >= 4 is 43.6 Å². The summed E-state index contributed by atoms with van der Waals surface area (Å²) in [4.78, 5) is 10.0. The van der Waals surface area contributed by atoms with Crippen LogP contribution in [0.3, 0.4) is 0 Å². The Morgan fingerprint density at radius 3 is 1.20 bits per heavy atom. The lowest BCUT2D eigenvalue weighted by Gasteiger charge is -2.12. The van der Waals surface area contributed by atoms with Crippen LogP contribution >= 0.6 is 0 Å². The molecule has 3 aromatic heterocycles. The summed E-state index contributed by atoms with van der Waals surface area (Å²) >= 11 is 0. The van der Waals surface area contributed by atoms with Crippen molar-refractivity contribution in [3.8, 4) is 56.4 Å². The Labute approximate surface area is 324 Å². The van der Waals surface area contributed by atoms with Crippen molar-refractivity contribution < 1.29 is 0 Å². The van der Waals surface area contributed by atoms with Gasteiger partial charge in [0, 0.05) is 49.6 Å². The van der Waals surface area contributed by atoms with Crippen molar-refractivity contribution in [3.63, 3.8) is 0 Å². The van der Waals surface area contributed by atoms with Crippen molar-refractivity contribution in [3.05, 3.63) is 206 Å². The van der Waals surface area contributed by atoms with E-state index in [4.69, 9.17) is 9.97 Å². The molecule has 4 heteroatoms. The van der Waals surface area contributed by atoms with E-state index in [0.717, 1.165) is 50.6 Å². The molecule has 0 fully saturated rings. The Morgan fingerprint density at radius 1 is 0.268 bits per heavy atom. The second-order valence-corrected chi connectivity index (χ2v) is 14.2. The van der Waals surface area contributed by atoms with Crippen LogP contribution in [0.15, 0.2) is 206 Å². The molecular formula is C52H34N4. The number of nitrogens with zero attached hydrogens (tertiary/aromatic N) is 4. The summed E-state index contributed by atoms with van der Waals surface area (Å²) in [6, 6.07) is 73.2. The smallest absolute Gasteiger partial charge is 0.160 e. The number of aromatic nitrogens is 4. The summed E-state index contributed by atoms with van der Waals surface area (Å²) in [6.45, 7) is 0. The van der Waals surface area contributed by atoms with E-state index in [9.17, 15) is 0 Å². The zero-order valence-electron chi connectivity index (χ0n) is 30.4. The van der Waals surface area contributed by atoms with Gasteiger partial charge >= 0.3 is 0 Å². The van der Waals surface area contributed by atoms with Gasteiger partial charge in [-0.3, -0.25) is 0 Å². The van der Waals surface area contributed by atoms with Crippen LogP contribution in [-0.4, -0.2) is 19.1 Å². The van der Waals surface area contributed by atoms with Crippen LogP contribution in [0, 0.1) is 0 Å². The minimum absolute atomic E-state index is 0.708. The van der Waals surface area contributed by atoms with Gasteiger partial charge in [-0.15, -0.1) is 0 Å². The van der Waals surface area contributed by atoms with Gasteiger partial charge in [-0.05, 0) is 65.7 Å². The van der Waals surface area contributed by atoms with E-state index in [1.54, 1.807) is 0 Å². The van der Waals surface area contributed by atoms with E-state index >= 15 is 0 Å². The lowest BCUT2D eigenvalue weighted by molar-refractivity contribution is 1.17. The third-order valence-corrected chi connectivity index (χ3v) is 11.0. The van der Waals surface area contributed by atoms with E-state index in [2.05, 4.69) is 179 Å². The van der Waals surface area contributed by atoms with Gasteiger partial charge in [0.05, 0.1) is 33.5 Å². The molecule has 0 aliphatic carbocycles. The Morgan fingerprint density at radius 2 is 0.661 bits per heavy atom. The van der Waals surface area contributed by atoms with Crippen molar-refractivity contribution in [1.82, 2.24) is 19.1 Å². The van der Waals surface area contributed by atoms with Gasteiger partial charge in [-0.2, -0.15) is 0 Å². The van der Waals surface area contributed by atoms with E-state index in [0.29, 0.717) is 5.82 Å². The van der Waals surface area contributed by atoms with Gasteiger partial charge in [-0.1, -0.05) is 152 Å². The minimum atomic E-state index is 0.708. The van der Waals surface area contributed by atoms with Crippen molar-refractivity contribution in [1.29, 1.82) is 0 Å². The molecule has 0 atom stereocenters. The molecule has 0 bridgehead atoms. The molecule has 0 aliphatic rings. The van der Waals surface area contributed by atoms with E-state index in [1.165, 1.54) is 43.6 Å². The summed E-state index contributed by atoms with van der Waals surface area (Å²) in [5.41, 5.74) is 14.3. The zero-order chi connectivity index (χ0) is 37.0. The number of para-hydroxylation sites is 3. The van der Waals surface area contributed by atoms with Crippen molar-refractivity contribution in [2.75, 3.05) is 0 Å². The Hall–Kier alpha value is -7.56. The fourth-order valence-electron chi connectivity index (χ4n) is 8.28. The van der Waals surface area contributed by atoms with Crippen molar-refractivity contribution in [2.45, 2.75) is 0 Å². The molecular weight excluding hydrogens is 681 g/mol. The monoisotopic (exact) mass is 714 g/mol. The summed E-state index contributed by atoms with van der Waals surface area (Å²) in [6.07, 6.45) is 0. The fourth-order valence-corrected chi connectivity index (χ4v) is 8.28. The average molecular weight is 715 g/mol. The number of rotatable bonds is 6. The van der Waals surface area contributed by atoms with Gasteiger partial charge in [0.25, 0.3) is 0 Å². The van der Waals surface area contributed by atoms with Crippen LogP contribution in [-0.2, 0) is 0 Å². The number of hydrogen-bond donors (Lipinski definition) is 0. The van der Waals surface area contributed by atoms with Gasteiger partial charge in [0.2, 0.25) is 0 Å². The maximum atomic E-state index is 5.02. The predicted octanol–water partition coefficient (Wildman–Crippen LogP) is 13.3. The van der Waals surface area contributed by atoms with Crippen LogP contribution in [0.1, 0.15) is 0 Å². The molecule has 0 aliphatic heterocycles. The number of benzene rings is 8. The molecule has 0 saturated heterocycles. The molecule has 11 aromatic rings. The molecule has 0 unspecified atom stereocenters. The average Bonchev–Trinajstić information content (AvgIpc) is 3.79. The van der Waals surface area contributed by atoms with Gasteiger partial charge in [-0.25, -0.2) is 9.97 Å². The Balaban J connectivity index is 0.953. The van der Waals surface area contributed by atoms with Gasteiger partial charge in [0.1, 0.15) is 0 Å². The van der Waals surface area contributed by atoms with Crippen molar-refractivity contribution in [2.24, 2.45) is 0 Å². The molecule has 0 amide bonds. The summed E-state index contributed by atoms with van der Waals surface area (Å²) in [7, 11) is 0. The molecule has 0 saturated carbocycles. The van der Waals surface area contributed by atoms with Crippen LogP contribution in [0.5, 0.6) is 0 Å². The normalized spacial score (nSPS) is 11.6. The van der Waals surface area contributed by atoms with Gasteiger partial charge in [0.15, 0.2) is 5.82 Å². The fraction of sp³-hybridized carbons (Fsp3) is 0. The largest absolute Gasteiger partial charge is 0.309 e. The number of hydrogen-bond acceptors (Lipinski definition) is 2. The second kappa shape index (κ2) is 13.1. The van der Waals surface area contributed by atoms with E-state index in [-0.39, 0.29) is 0 Å². The highest BCUT2D eigenvalue weighted by molar-refractivity contribution is 6.12. The lowest BCUT2D eigenvalue weighted by Crippen LogP contribution is -1.96. The van der Waals surface area contributed by atoms with E-state index < -0.39 is 0 Å². The predicted molar refractivity (Wildman–Crippen MR) is 232 cm³/mol. The molecule has 11 rings (SSSR count). The lowest BCUT2D eigenvalue weighted by atomic mass is 10.0. The Bertz CT molecular complexity index is 3100. The molecule has 4 nitrogen and oxygen atoms in total. The van der Waals surface area contributed by atoms with E-state index in [1.807, 2.05) is 36.4 Å². The highest BCUT2D eigenvalue weighted by Crippen LogP contribution is 2.37. The quantitative estimate of drug-likeness (QED) is 0.172. The summed E-state index contributed by atoms with van der Waals surface area (Å²) < 4.78 is 4.78. The number of fused-ring (bicyclic) bond motifs is 6. The first-order chi connectivity index (χ1) is 27.8. The molecule has 0 spiro atoms. The standard InChI is InChI=1S/C52H34N4/c1-3-13-37(14-4-1)46-34-47(38-15-5-2-6-16-38)54-52(53-46)39-25-23-35(24-26-39)36-27-29-40(30-28-36)55-50-22-12-9-19-44(50)45-33-41(31-32-51(45)55)56-48-20-10-7-17-42(48)43-18-8-11-21-49(43)56/h1-34H. The highest BCUT2D eigenvalue weighted by Gasteiger charge is 2.17. The zero-order valence-corrected chi connectivity index (χ0v) is 30.4. The van der Waals surface area contributed by atoms with Crippen LogP contribution in [0.2, 0.25) is 0 Å². The van der Waals surface area contributed by atoms with Crippen LogP contribution in [0.4, 0.5) is 0 Å². The Kier molecular flexibility index (Phi) is 7.46. The maximum absolute atomic E-state index is 5.02. The third kappa shape index (κ3) is 5.31. The maximum Gasteiger partial charge on any atom is 0.160 e. The molecule has 262 valence electrons. The topological polar surface area (TPSA) is 35.6 Å². The first-order valence-corrected chi connectivity index (χ1v) is 19.0. The minimum Gasteiger partial charge on any atom is -0.309 e. The molecule has 8 aromatic carbocycles. The molecule has 0 radical (unpaired) electrons. The first kappa shape index (κ1) is 31.9. The molecule has 0 N–H and O–H groups in total. The third-order valence-electron chi connectivity index (χ3n) is 11.0. The molecule has 56 heavy (non-hydrogen) atoms. The first-order valence-electron chi connectivity index (χ1n) is 19.0. The van der Waals surface area contributed by atoms with Crippen LogP contribution in [0.25, 0.3) is 100 Å². The summed E-state index contributed by atoms with van der Waals surface area (Å²) in [5, 5.41) is 5.00. The second-order valence-electron chi connectivity index (χ2n) is 14.2. The van der Waals surface area contributed by atoms with Crippen LogP contribution < -0.4 is 0 Å². The SMILES string of the molecule is c1ccc(-c2cc(-c3ccccc3)nc(-c3ccc(-c4ccc(-n5c6ccccc6c6cc(-n7c8ccccc8c8ccccc87)ccc65)cc4)cc3)n2)cc1.